The molecule has 0 fully saturated rings. The molecule has 0 N–H and O–H groups in total. The van der Waals surface area contributed by atoms with Crippen LogP contribution in [-0.2, 0) is 5.41 Å². The van der Waals surface area contributed by atoms with Crippen LogP contribution >= 0.6 is 9.24 Å². The lowest BCUT2D eigenvalue weighted by Crippen LogP contribution is -2.20. The van der Waals surface area contributed by atoms with E-state index in [0.717, 1.165) is 5.44 Å². The first-order chi connectivity index (χ1) is 5.02. The molecule has 1 aromatic rings. The molecule has 0 aliphatic heterocycles. The van der Waals surface area contributed by atoms with Crippen molar-refractivity contribution in [2.24, 2.45) is 0 Å². The molecule has 0 spiro atoms. The molecule has 60 valence electrons. The lowest BCUT2D eigenvalue weighted by Gasteiger charge is -2.20. The predicted molar refractivity (Wildman–Crippen MR) is 52.3 cm³/mol. The summed E-state index contributed by atoms with van der Waals surface area (Å²) in [5.74, 6) is 0. The summed E-state index contributed by atoms with van der Waals surface area (Å²) in [6.07, 6.45) is 1.82. The first kappa shape index (κ1) is 8.67. The highest BCUT2D eigenvalue weighted by Gasteiger charge is 2.15. The monoisotopic (exact) mass is 167 g/mol. The van der Waals surface area contributed by atoms with Crippen LogP contribution in [0.25, 0.3) is 0 Å². The van der Waals surface area contributed by atoms with Crippen molar-refractivity contribution < 1.29 is 0 Å². The topological polar surface area (TPSA) is 12.9 Å². The van der Waals surface area contributed by atoms with Gasteiger partial charge in [0.2, 0.25) is 0 Å². The van der Waals surface area contributed by atoms with Crippen LogP contribution in [0.4, 0.5) is 0 Å². The third-order valence-electron chi connectivity index (χ3n) is 1.65. The second kappa shape index (κ2) is 2.91. The van der Waals surface area contributed by atoms with E-state index >= 15 is 0 Å². The molecular formula is C9H14NP. The van der Waals surface area contributed by atoms with Gasteiger partial charge in [0.25, 0.3) is 0 Å². The molecule has 0 aliphatic rings. The SMILES string of the molecule is CC(C)(C)c1cccnc1P. The number of hydrogen-bond donors (Lipinski definition) is 0. The molecule has 1 aromatic heterocycles. The minimum Gasteiger partial charge on any atom is -0.257 e. The Hall–Kier alpha value is -0.420. The highest BCUT2D eigenvalue weighted by molar-refractivity contribution is 7.27. The standard InChI is InChI=1S/C9H14NP/c1-9(2,3)7-5-4-6-10-8(7)11/h4-6H,11H2,1-3H3. The van der Waals surface area contributed by atoms with Gasteiger partial charge in [-0.1, -0.05) is 36.1 Å². The van der Waals surface area contributed by atoms with E-state index in [9.17, 15) is 0 Å². The van der Waals surface area contributed by atoms with Gasteiger partial charge in [-0.2, -0.15) is 0 Å². The van der Waals surface area contributed by atoms with Crippen LogP contribution in [-0.4, -0.2) is 4.98 Å². The van der Waals surface area contributed by atoms with Gasteiger partial charge in [-0.15, -0.1) is 0 Å². The summed E-state index contributed by atoms with van der Waals surface area (Å²) in [6, 6.07) is 4.10. The molecule has 1 heterocycles. The Kier molecular flexibility index (Phi) is 2.29. The fraction of sp³-hybridized carbons (Fsp3) is 0.444. The average molecular weight is 167 g/mol. The van der Waals surface area contributed by atoms with Crippen LogP contribution < -0.4 is 5.44 Å². The number of rotatable bonds is 0. The Labute approximate surface area is 70.4 Å². The maximum Gasteiger partial charge on any atom is 0.0606 e. The van der Waals surface area contributed by atoms with E-state index in [-0.39, 0.29) is 5.41 Å². The quantitative estimate of drug-likeness (QED) is 0.537. The van der Waals surface area contributed by atoms with Crippen molar-refractivity contribution in [2.75, 3.05) is 0 Å². The molecule has 0 amide bonds. The van der Waals surface area contributed by atoms with Gasteiger partial charge in [0, 0.05) is 6.20 Å². The van der Waals surface area contributed by atoms with Crippen LogP contribution in [0.2, 0.25) is 0 Å². The zero-order valence-corrected chi connectivity index (χ0v) is 8.41. The summed E-state index contributed by atoms with van der Waals surface area (Å²) < 4.78 is 0. The smallest absolute Gasteiger partial charge is 0.0606 e. The van der Waals surface area contributed by atoms with Gasteiger partial charge in [-0.25, -0.2) is 0 Å². The summed E-state index contributed by atoms with van der Waals surface area (Å²) in [5, 5.41) is 0. The molecule has 1 unspecified atom stereocenters. The molecule has 0 bridgehead atoms. The van der Waals surface area contributed by atoms with Gasteiger partial charge in [0.15, 0.2) is 0 Å². The van der Waals surface area contributed by atoms with E-state index in [1.807, 2.05) is 12.3 Å². The number of nitrogens with zero attached hydrogens (tertiary/aromatic N) is 1. The van der Waals surface area contributed by atoms with Crippen molar-refractivity contribution in [2.45, 2.75) is 26.2 Å². The first-order valence-electron chi connectivity index (χ1n) is 3.73. The van der Waals surface area contributed by atoms with Crippen LogP contribution in [0, 0.1) is 0 Å². The van der Waals surface area contributed by atoms with Crippen LogP contribution in [0.15, 0.2) is 18.3 Å². The van der Waals surface area contributed by atoms with E-state index in [0.29, 0.717) is 0 Å². The molecule has 0 saturated carbocycles. The zero-order chi connectivity index (χ0) is 8.48. The number of pyridine rings is 1. The molecule has 0 radical (unpaired) electrons. The van der Waals surface area contributed by atoms with Crippen molar-refractivity contribution in [3.05, 3.63) is 23.9 Å². The van der Waals surface area contributed by atoms with Gasteiger partial charge in [0.1, 0.15) is 0 Å². The minimum atomic E-state index is 0.200. The molecule has 0 saturated heterocycles. The minimum absolute atomic E-state index is 0.200. The van der Waals surface area contributed by atoms with Crippen LogP contribution in [0.1, 0.15) is 26.3 Å². The van der Waals surface area contributed by atoms with Gasteiger partial charge >= 0.3 is 0 Å². The van der Waals surface area contributed by atoms with Gasteiger partial charge < -0.3 is 0 Å². The number of hydrogen-bond acceptors (Lipinski definition) is 1. The Bertz CT molecular complexity index is 250. The molecule has 1 rings (SSSR count). The Morgan fingerprint density at radius 3 is 2.36 bits per heavy atom. The number of aromatic nitrogens is 1. The third-order valence-corrected chi connectivity index (χ3v) is 2.11. The predicted octanol–water partition coefficient (Wildman–Crippen LogP) is 1.88. The van der Waals surface area contributed by atoms with Crippen molar-refractivity contribution in [1.29, 1.82) is 0 Å². The molecule has 1 nitrogen and oxygen atoms in total. The van der Waals surface area contributed by atoms with E-state index in [1.54, 1.807) is 0 Å². The van der Waals surface area contributed by atoms with E-state index in [4.69, 9.17) is 0 Å². The van der Waals surface area contributed by atoms with Gasteiger partial charge in [-0.05, 0) is 17.0 Å². The summed E-state index contributed by atoms with van der Waals surface area (Å²) in [4.78, 5) is 4.21. The van der Waals surface area contributed by atoms with Gasteiger partial charge in [-0.3, -0.25) is 4.98 Å². The molecule has 0 aliphatic carbocycles. The summed E-state index contributed by atoms with van der Waals surface area (Å²) in [5.41, 5.74) is 2.55. The zero-order valence-electron chi connectivity index (χ0n) is 7.26. The molecule has 1 atom stereocenters. The average Bonchev–Trinajstić information content (AvgIpc) is 1.86. The molecule has 0 aromatic carbocycles. The summed E-state index contributed by atoms with van der Waals surface area (Å²) >= 11 is 0. The Balaban J connectivity index is 3.14. The highest BCUT2D eigenvalue weighted by Crippen LogP contribution is 2.20. The highest BCUT2D eigenvalue weighted by atomic mass is 31.0. The fourth-order valence-electron chi connectivity index (χ4n) is 1.05. The second-order valence-electron chi connectivity index (χ2n) is 3.69. The van der Waals surface area contributed by atoms with E-state index in [1.165, 1.54) is 5.56 Å². The van der Waals surface area contributed by atoms with E-state index < -0.39 is 0 Å². The maximum absolute atomic E-state index is 4.21. The van der Waals surface area contributed by atoms with Crippen molar-refractivity contribution in [1.82, 2.24) is 4.98 Å². The lowest BCUT2D eigenvalue weighted by atomic mass is 9.88. The van der Waals surface area contributed by atoms with E-state index in [2.05, 4.69) is 41.1 Å². The Morgan fingerprint density at radius 1 is 1.36 bits per heavy atom. The molecular weight excluding hydrogens is 153 g/mol. The van der Waals surface area contributed by atoms with Crippen molar-refractivity contribution >= 4 is 14.7 Å². The lowest BCUT2D eigenvalue weighted by molar-refractivity contribution is 0.592. The van der Waals surface area contributed by atoms with Gasteiger partial charge in [0.05, 0.1) is 5.44 Å². The largest absolute Gasteiger partial charge is 0.257 e. The molecule has 2 heteroatoms. The second-order valence-corrected chi connectivity index (χ2v) is 4.23. The van der Waals surface area contributed by atoms with Crippen molar-refractivity contribution in [3.63, 3.8) is 0 Å². The fourth-order valence-corrected chi connectivity index (χ4v) is 1.67. The first-order valence-corrected chi connectivity index (χ1v) is 4.30. The normalized spacial score (nSPS) is 11.6. The van der Waals surface area contributed by atoms with Crippen molar-refractivity contribution in [3.8, 4) is 0 Å². The van der Waals surface area contributed by atoms with Crippen LogP contribution in [0.5, 0.6) is 0 Å². The third kappa shape index (κ3) is 2.00. The Morgan fingerprint density at radius 2 is 2.00 bits per heavy atom. The maximum atomic E-state index is 4.21. The molecule has 11 heavy (non-hydrogen) atoms. The summed E-state index contributed by atoms with van der Waals surface area (Å²) in [7, 11) is 2.66. The summed E-state index contributed by atoms with van der Waals surface area (Å²) in [6.45, 7) is 6.58. The van der Waals surface area contributed by atoms with Crippen LogP contribution in [0.3, 0.4) is 0 Å².